The molecule has 1 amide bonds. The average molecular weight is 341 g/mol. The number of aromatic nitrogens is 2. The van der Waals surface area contributed by atoms with Crippen LogP contribution in [0.15, 0.2) is 30.3 Å². The zero-order chi connectivity index (χ0) is 16.5. The van der Waals surface area contributed by atoms with Gasteiger partial charge in [0.15, 0.2) is 0 Å². The third-order valence-corrected chi connectivity index (χ3v) is 6.32. The quantitative estimate of drug-likeness (QED) is 0.910. The molecule has 0 saturated carbocycles. The summed E-state index contributed by atoms with van der Waals surface area (Å²) in [6.07, 6.45) is 3.24. The van der Waals surface area contributed by atoms with Crippen molar-refractivity contribution in [1.29, 1.82) is 0 Å². The van der Waals surface area contributed by atoms with Crippen molar-refractivity contribution in [1.82, 2.24) is 15.1 Å². The summed E-state index contributed by atoms with van der Waals surface area (Å²) in [4.78, 5) is 15.2. The molecule has 1 fully saturated rings. The lowest BCUT2D eigenvalue weighted by Gasteiger charge is -2.35. The van der Waals surface area contributed by atoms with Gasteiger partial charge in [0.2, 0.25) is 5.91 Å². The number of fused-ring (bicyclic) bond motifs is 1. The van der Waals surface area contributed by atoms with Gasteiger partial charge in [0, 0.05) is 24.7 Å². The van der Waals surface area contributed by atoms with Crippen LogP contribution < -0.4 is 0 Å². The molecule has 0 spiro atoms. The lowest BCUT2D eigenvalue weighted by molar-refractivity contribution is -0.132. The van der Waals surface area contributed by atoms with Crippen LogP contribution in [0.1, 0.15) is 46.5 Å². The van der Waals surface area contributed by atoms with Gasteiger partial charge in [-0.1, -0.05) is 24.3 Å². The number of nitrogens with zero attached hydrogens (tertiary/aromatic N) is 2. The molecule has 1 saturated heterocycles. The van der Waals surface area contributed by atoms with Crippen molar-refractivity contribution >= 4 is 17.7 Å². The number of hydrogen-bond donors (Lipinski definition) is 1. The smallest absolute Gasteiger partial charge is 0.240 e. The van der Waals surface area contributed by atoms with Gasteiger partial charge in [-0.25, -0.2) is 0 Å². The number of amides is 1. The third kappa shape index (κ3) is 2.97. The van der Waals surface area contributed by atoms with Crippen LogP contribution in [0.2, 0.25) is 0 Å². The summed E-state index contributed by atoms with van der Waals surface area (Å²) in [6.45, 7) is 3.69. The maximum absolute atomic E-state index is 13.2. The molecule has 0 bridgehead atoms. The monoisotopic (exact) mass is 341 g/mol. The molecule has 1 N–H and O–H groups in total. The van der Waals surface area contributed by atoms with Gasteiger partial charge < -0.3 is 4.90 Å². The van der Waals surface area contributed by atoms with Crippen LogP contribution in [-0.2, 0) is 11.2 Å². The van der Waals surface area contributed by atoms with Crippen molar-refractivity contribution in [3.63, 3.8) is 0 Å². The lowest BCUT2D eigenvalue weighted by Crippen LogP contribution is -2.41. The summed E-state index contributed by atoms with van der Waals surface area (Å²) < 4.78 is 0. The molecule has 2 atom stereocenters. The second kappa shape index (κ2) is 6.63. The number of benzene rings is 1. The van der Waals surface area contributed by atoms with E-state index >= 15 is 0 Å². The molecule has 126 valence electrons. The first-order chi connectivity index (χ1) is 11.7. The SMILES string of the molecule is Cc1cc([C@@H]2CCCN(C(=O)[C@H]3SCCc4ccccc43)C2)n[nH]1. The number of thioether (sulfide) groups is 1. The Bertz CT molecular complexity index is 742. The molecule has 2 aliphatic rings. The van der Waals surface area contributed by atoms with Crippen LogP contribution in [0.3, 0.4) is 0 Å². The summed E-state index contributed by atoms with van der Waals surface area (Å²) in [5.74, 6) is 1.67. The zero-order valence-electron chi connectivity index (χ0n) is 14.0. The maximum Gasteiger partial charge on any atom is 0.240 e. The number of rotatable bonds is 2. The summed E-state index contributed by atoms with van der Waals surface area (Å²) >= 11 is 1.80. The van der Waals surface area contributed by atoms with Gasteiger partial charge in [0.1, 0.15) is 5.25 Å². The van der Waals surface area contributed by atoms with E-state index in [2.05, 4.69) is 45.4 Å². The molecular weight excluding hydrogens is 318 g/mol. The fourth-order valence-electron chi connectivity index (χ4n) is 3.83. The van der Waals surface area contributed by atoms with Gasteiger partial charge in [0.05, 0.1) is 5.69 Å². The number of aromatic amines is 1. The molecule has 4 rings (SSSR count). The van der Waals surface area contributed by atoms with E-state index < -0.39 is 0 Å². The third-order valence-electron chi connectivity index (χ3n) is 5.09. The van der Waals surface area contributed by atoms with Gasteiger partial charge in [-0.2, -0.15) is 5.10 Å². The predicted molar refractivity (Wildman–Crippen MR) is 97.2 cm³/mol. The molecule has 4 nitrogen and oxygen atoms in total. The summed E-state index contributed by atoms with van der Waals surface area (Å²) in [7, 11) is 0. The van der Waals surface area contributed by atoms with Gasteiger partial charge >= 0.3 is 0 Å². The highest BCUT2D eigenvalue weighted by Crippen LogP contribution is 2.39. The average Bonchev–Trinajstić information content (AvgIpc) is 3.07. The van der Waals surface area contributed by atoms with Crippen LogP contribution in [0.25, 0.3) is 0 Å². The van der Waals surface area contributed by atoms with E-state index in [1.165, 1.54) is 11.1 Å². The van der Waals surface area contributed by atoms with Crippen LogP contribution in [0, 0.1) is 6.92 Å². The Morgan fingerprint density at radius 3 is 3.08 bits per heavy atom. The number of likely N-dealkylation sites (tertiary alicyclic amines) is 1. The molecule has 2 aromatic rings. The number of carbonyl (C=O) groups excluding carboxylic acids is 1. The number of aryl methyl sites for hydroxylation is 2. The summed E-state index contributed by atoms with van der Waals surface area (Å²) in [5, 5.41) is 7.41. The minimum absolute atomic E-state index is 0.0328. The largest absolute Gasteiger partial charge is 0.341 e. The molecule has 3 heterocycles. The number of carbonyl (C=O) groups is 1. The number of H-pyrrole nitrogens is 1. The minimum atomic E-state index is -0.0328. The lowest BCUT2D eigenvalue weighted by atomic mass is 9.93. The van der Waals surface area contributed by atoms with Crippen LogP contribution in [0.4, 0.5) is 0 Å². The van der Waals surface area contributed by atoms with Crippen molar-refractivity contribution in [2.24, 2.45) is 0 Å². The van der Waals surface area contributed by atoms with E-state index in [9.17, 15) is 4.79 Å². The van der Waals surface area contributed by atoms with E-state index in [1.54, 1.807) is 11.8 Å². The Kier molecular flexibility index (Phi) is 4.35. The van der Waals surface area contributed by atoms with Crippen LogP contribution in [0.5, 0.6) is 0 Å². The molecule has 5 heteroatoms. The molecule has 0 unspecified atom stereocenters. The highest BCUT2D eigenvalue weighted by Gasteiger charge is 2.33. The number of hydrogen-bond acceptors (Lipinski definition) is 3. The van der Waals surface area contributed by atoms with E-state index in [4.69, 9.17) is 0 Å². The Labute approximate surface area is 147 Å². The Balaban J connectivity index is 1.52. The maximum atomic E-state index is 13.2. The second-order valence-electron chi connectivity index (χ2n) is 6.80. The molecule has 2 aliphatic heterocycles. The topological polar surface area (TPSA) is 49.0 Å². The fraction of sp³-hybridized carbons (Fsp3) is 0.474. The molecular formula is C19H23N3OS. The first-order valence-corrected chi connectivity index (χ1v) is 9.77. The highest BCUT2D eigenvalue weighted by molar-refractivity contribution is 8.00. The molecule has 24 heavy (non-hydrogen) atoms. The first kappa shape index (κ1) is 15.8. The van der Waals surface area contributed by atoms with Crippen LogP contribution in [-0.4, -0.2) is 39.8 Å². The molecule has 0 radical (unpaired) electrons. The first-order valence-electron chi connectivity index (χ1n) is 8.72. The highest BCUT2D eigenvalue weighted by atomic mass is 32.2. The van der Waals surface area contributed by atoms with Gasteiger partial charge in [-0.3, -0.25) is 9.89 Å². The Hall–Kier alpha value is -1.75. The van der Waals surface area contributed by atoms with E-state index in [1.807, 2.05) is 6.92 Å². The Morgan fingerprint density at radius 1 is 1.38 bits per heavy atom. The van der Waals surface area contributed by atoms with Gasteiger partial charge in [-0.05, 0) is 49.1 Å². The molecule has 0 aliphatic carbocycles. The van der Waals surface area contributed by atoms with Crippen LogP contribution >= 0.6 is 11.8 Å². The standard InChI is InChI=1S/C19H23N3OS/c1-13-11-17(21-20-13)15-6-4-9-22(12-15)19(23)18-16-7-3-2-5-14(16)8-10-24-18/h2-3,5,7,11,15,18H,4,6,8-10,12H2,1H3,(H,20,21)/t15-,18+/m1/s1. The fourth-order valence-corrected chi connectivity index (χ4v) is 5.11. The van der Waals surface area contributed by atoms with Crippen molar-refractivity contribution in [3.05, 3.63) is 52.8 Å². The van der Waals surface area contributed by atoms with E-state index in [0.717, 1.165) is 49.5 Å². The van der Waals surface area contributed by atoms with E-state index in [0.29, 0.717) is 5.92 Å². The summed E-state index contributed by atoms with van der Waals surface area (Å²) in [6, 6.07) is 10.5. The van der Waals surface area contributed by atoms with Crippen molar-refractivity contribution < 1.29 is 4.79 Å². The van der Waals surface area contributed by atoms with Crippen molar-refractivity contribution in [2.75, 3.05) is 18.8 Å². The number of piperidine rings is 1. The number of nitrogens with one attached hydrogen (secondary N) is 1. The van der Waals surface area contributed by atoms with E-state index in [-0.39, 0.29) is 11.2 Å². The molecule has 1 aromatic heterocycles. The Morgan fingerprint density at radius 2 is 2.25 bits per heavy atom. The zero-order valence-corrected chi connectivity index (χ0v) is 14.8. The summed E-state index contributed by atoms with van der Waals surface area (Å²) in [5.41, 5.74) is 4.74. The predicted octanol–water partition coefficient (Wildman–Crippen LogP) is 3.45. The van der Waals surface area contributed by atoms with Gasteiger partial charge in [-0.15, -0.1) is 11.8 Å². The second-order valence-corrected chi connectivity index (χ2v) is 8.01. The van der Waals surface area contributed by atoms with Crippen molar-refractivity contribution in [2.45, 2.75) is 37.4 Å². The normalized spacial score (nSPS) is 23.8. The molecule has 1 aromatic carbocycles. The minimum Gasteiger partial charge on any atom is -0.341 e. The van der Waals surface area contributed by atoms with Gasteiger partial charge in [0.25, 0.3) is 0 Å². The van der Waals surface area contributed by atoms with Crippen molar-refractivity contribution in [3.8, 4) is 0 Å².